The zero-order valence-electron chi connectivity index (χ0n) is 13.7. The average molecular weight is 358 g/mol. The molecule has 2 heterocycles. The summed E-state index contributed by atoms with van der Waals surface area (Å²) in [5.41, 5.74) is 1.10. The van der Waals surface area contributed by atoms with Gasteiger partial charge in [-0.25, -0.2) is 4.79 Å². The van der Waals surface area contributed by atoms with Crippen molar-refractivity contribution in [1.29, 1.82) is 0 Å². The summed E-state index contributed by atoms with van der Waals surface area (Å²) < 4.78 is 4.78. The maximum atomic E-state index is 12.5. The minimum Gasteiger partial charge on any atom is -0.465 e. The zero-order valence-corrected chi connectivity index (χ0v) is 14.4. The second-order valence-corrected chi connectivity index (χ2v) is 5.92. The molecule has 0 amide bonds. The molecule has 0 aliphatic rings. The summed E-state index contributed by atoms with van der Waals surface area (Å²) in [4.78, 5) is 31.4. The first-order valence-corrected chi connectivity index (χ1v) is 8.00. The van der Waals surface area contributed by atoms with Crippen molar-refractivity contribution in [3.05, 3.63) is 69.2 Å². The van der Waals surface area contributed by atoms with Crippen LogP contribution < -0.4 is 10.9 Å². The number of aromatic nitrogens is 2. The van der Waals surface area contributed by atoms with E-state index in [-0.39, 0.29) is 11.6 Å². The van der Waals surface area contributed by atoms with E-state index in [0.29, 0.717) is 21.6 Å². The van der Waals surface area contributed by atoms with E-state index < -0.39 is 11.5 Å². The van der Waals surface area contributed by atoms with Crippen LogP contribution in [-0.4, -0.2) is 23.0 Å². The van der Waals surface area contributed by atoms with E-state index in [4.69, 9.17) is 16.3 Å². The van der Waals surface area contributed by atoms with Crippen LogP contribution in [0, 0.1) is 0 Å². The number of ether oxygens (including phenoxy) is 1. The van der Waals surface area contributed by atoms with Gasteiger partial charge in [-0.2, -0.15) is 0 Å². The molecular weight excluding hydrogens is 342 g/mol. The third-order valence-corrected chi connectivity index (χ3v) is 4.25. The molecule has 128 valence electrons. The molecule has 6 nitrogen and oxygen atoms in total. The molecule has 25 heavy (non-hydrogen) atoms. The zero-order chi connectivity index (χ0) is 18.0. The van der Waals surface area contributed by atoms with E-state index in [1.807, 2.05) is 19.1 Å². The van der Waals surface area contributed by atoms with Crippen molar-refractivity contribution in [2.75, 3.05) is 12.4 Å². The lowest BCUT2D eigenvalue weighted by atomic mass is 10.1. The lowest BCUT2D eigenvalue weighted by Gasteiger charge is -2.19. The Morgan fingerprint density at radius 3 is 2.80 bits per heavy atom. The minimum atomic E-state index is -0.719. The van der Waals surface area contributed by atoms with Crippen molar-refractivity contribution >= 4 is 34.2 Å². The number of anilines is 1. The number of nitrogens with one attached hydrogen (secondary N) is 2. The summed E-state index contributed by atoms with van der Waals surface area (Å²) in [5.74, 6) is -0.719. The molecule has 0 saturated heterocycles. The Morgan fingerprint density at radius 2 is 2.12 bits per heavy atom. The number of benzene rings is 1. The number of carbonyl (C=O) groups excluding carboxylic acids is 1. The number of H-pyrrole nitrogens is 1. The Balaban J connectivity index is 2.21. The maximum absolute atomic E-state index is 12.5. The van der Waals surface area contributed by atoms with Crippen LogP contribution in [0.4, 0.5) is 5.69 Å². The van der Waals surface area contributed by atoms with Crippen molar-refractivity contribution < 1.29 is 9.53 Å². The summed E-state index contributed by atoms with van der Waals surface area (Å²) >= 11 is 6.20. The van der Waals surface area contributed by atoms with Crippen LogP contribution >= 0.6 is 11.6 Å². The number of para-hydroxylation sites is 1. The molecule has 0 spiro atoms. The van der Waals surface area contributed by atoms with Gasteiger partial charge in [-0.05, 0) is 24.6 Å². The predicted octanol–water partition coefficient (Wildman–Crippen LogP) is 3.54. The smallest absolute Gasteiger partial charge is 0.345 e. The fourth-order valence-corrected chi connectivity index (χ4v) is 2.88. The molecule has 1 aromatic carbocycles. The average Bonchev–Trinajstić information content (AvgIpc) is 2.63. The molecule has 0 aliphatic heterocycles. The second-order valence-electron chi connectivity index (χ2n) is 5.51. The number of rotatable bonds is 4. The predicted molar refractivity (Wildman–Crippen MR) is 97.2 cm³/mol. The van der Waals surface area contributed by atoms with Crippen LogP contribution in [0.15, 0.2) is 47.5 Å². The number of methoxy groups -OCH3 is 1. The summed E-state index contributed by atoms with van der Waals surface area (Å²) in [6, 6.07) is 8.74. The van der Waals surface area contributed by atoms with Crippen LogP contribution in [0.2, 0.25) is 5.02 Å². The first-order chi connectivity index (χ1) is 12.0. The maximum Gasteiger partial charge on any atom is 0.345 e. The van der Waals surface area contributed by atoms with E-state index in [9.17, 15) is 9.59 Å². The van der Waals surface area contributed by atoms with Gasteiger partial charge in [0.1, 0.15) is 5.56 Å². The van der Waals surface area contributed by atoms with Gasteiger partial charge in [0.05, 0.1) is 29.4 Å². The first-order valence-electron chi connectivity index (χ1n) is 7.62. The number of esters is 1. The SMILES string of the molecule is COC(=O)c1c(N[C@@H](C)c2cccnc2)c2cccc(Cl)c2[nH]c1=O. The molecule has 3 rings (SSSR count). The van der Waals surface area contributed by atoms with Gasteiger partial charge in [-0.15, -0.1) is 0 Å². The molecule has 7 heteroatoms. The molecule has 3 aromatic rings. The first kappa shape index (κ1) is 17.0. The third-order valence-electron chi connectivity index (χ3n) is 3.93. The number of aromatic amines is 1. The van der Waals surface area contributed by atoms with Gasteiger partial charge in [0, 0.05) is 17.8 Å². The highest BCUT2D eigenvalue weighted by Gasteiger charge is 2.22. The van der Waals surface area contributed by atoms with Gasteiger partial charge in [-0.1, -0.05) is 29.8 Å². The van der Waals surface area contributed by atoms with Crippen LogP contribution in [0.3, 0.4) is 0 Å². The second kappa shape index (κ2) is 6.94. The van der Waals surface area contributed by atoms with Crippen LogP contribution in [-0.2, 0) is 4.74 Å². The molecule has 2 N–H and O–H groups in total. The highest BCUT2D eigenvalue weighted by Crippen LogP contribution is 2.31. The molecule has 0 unspecified atom stereocenters. The minimum absolute atomic E-state index is 0.0898. The number of fused-ring (bicyclic) bond motifs is 1. The van der Waals surface area contributed by atoms with E-state index in [1.54, 1.807) is 30.6 Å². The van der Waals surface area contributed by atoms with Gasteiger partial charge in [0.15, 0.2) is 0 Å². The number of hydrogen-bond acceptors (Lipinski definition) is 5. The van der Waals surface area contributed by atoms with Crippen LogP contribution in [0.1, 0.15) is 28.9 Å². The van der Waals surface area contributed by atoms with Gasteiger partial charge >= 0.3 is 5.97 Å². The van der Waals surface area contributed by atoms with Crippen molar-refractivity contribution in [3.8, 4) is 0 Å². The molecule has 0 aliphatic carbocycles. The van der Waals surface area contributed by atoms with Gasteiger partial charge in [-0.3, -0.25) is 9.78 Å². The topological polar surface area (TPSA) is 84.1 Å². The third kappa shape index (κ3) is 3.21. The van der Waals surface area contributed by atoms with Crippen molar-refractivity contribution in [2.24, 2.45) is 0 Å². The number of nitrogens with zero attached hydrogens (tertiary/aromatic N) is 1. The normalized spacial score (nSPS) is 12.0. The molecule has 0 radical (unpaired) electrons. The Bertz CT molecular complexity index is 986. The Hall–Kier alpha value is -2.86. The lowest BCUT2D eigenvalue weighted by molar-refractivity contribution is 0.0600. The molecule has 0 fully saturated rings. The Labute approximate surface area is 148 Å². The Kier molecular flexibility index (Phi) is 4.72. The summed E-state index contributed by atoms with van der Waals surface area (Å²) in [7, 11) is 1.23. The molecule has 0 saturated carbocycles. The van der Waals surface area contributed by atoms with Gasteiger partial charge in [0.2, 0.25) is 0 Å². The number of halogens is 1. The van der Waals surface area contributed by atoms with Crippen LogP contribution in [0.5, 0.6) is 0 Å². The number of pyridine rings is 2. The van der Waals surface area contributed by atoms with Crippen LogP contribution in [0.25, 0.3) is 10.9 Å². The summed E-state index contributed by atoms with van der Waals surface area (Å²) in [5, 5.41) is 4.25. The fourth-order valence-electron chi connectivity index (χ4n) is 2.66. The quantitative estimate of drug-likeness (QED) is 0.698. The van der Waals surface area contributed by atoms with E-state index in [2.05, 4.69) is 15.3 Å². The summed E-state index contributed by atoms with van der Waals surface area (Å²) in [6.07, 6.45) is 3.40. The van der Waals surface area contributed by atoms with Gasteiger partial charge < -0.3 is 15.0 Å². The molecule has 0 bridgehead atoms. The highest BCUT2D eigenvalue weighted by atomic mass is 35.5. The van der Waals surface area contributed by atoms with Crippen molar-refractivity contribution in [2.45, 2.75) is 13.0 Å². The number of carbonyl (C=O) groups is 1. The summed E-state index contributed by atoms with van der Waals surface area (Å²) in [6.45, 7) is 1.91. The largest absolute Gasteiger partial charge is 0.465 e. The highest BCUT2D eigenvalue weighted by molar-refractivity contribution is 6.35. The molecular formula is C18H16ClN3O3. The number of hydrogen-bond donors (Lipinski definition) is 2. The van der Waals surface area contributed by atoms with Crippen molar-refractivity contribution in [1.82, 2.24) is 9.97 Å². The fraction of sp³-hybridized carbons (Fsp3) is 0.167. The van der Waals surface area contributed by atoms with E-state index in [1.165, 1.54) is 7.11 Å². The van der Waals surface area contributed by atoms with E-state index in [0.717, 1.165) is 5.56 Å². The Morgan fingerprint density at radius 1 is 1.32 bits per heavy atom. The monoisotopic (exact) mass is 357 g/mol. The van der Waals surface area contributed by atoms with Crippen molar-refractivity contribution in [3.63, 3.8) is 0 Å². The standard InChI is InChI=1S/C18H16ClN3O3/c1-10(11-5-4-8-20-9-11)21-16-12-6-3-7-13(19)15(12)22-17(23)14(16)18(24)25-2/h3-10H,1-2H3,(H2,21,22,23)/t10-/m0/s1. The van der Waals surface area contributed by atoms with Gasteiger partial charge in [0.25, 0.3) is 5.56 Å². The molecule has 2 aromatic heterocycles. The van der Waals surface area contributed by atoms with E-state index >= 15 is 0 Å². The molecule has 1 atom stereocenters. The lowest BCUT2D eigenvalue weighted by Crippen LogP contribution is -2.23.